The number of benzene rings is 2. The van der Waals surface area contributed by atoms with Gasteiger partial charge >= 0.3 is 0 Å². The summed E-state index contributed by atoms with van der Waals surface area (Å²) in [5.41, 5.74) is 2.20. The van der Waals surface area contributed by atoms with Crippen LogP contribution in [0.4, 0.5) is 10.2 Å². The Bertz CT molecular complexity index is 1010. The quantitative estimate of drug-likeness (QED) is 0.704. The first kappa shape index (κ1) is 19.3. The van der Waals surface area contributed by atoms with Crippen LogP contribution in [0.3, 0.4) is 0 Å². The zero-order valence-electron chi connectivity index (χ0n) is 15.9. The van der Waals surface area contributed by atoms with Gasteiger partial charge in [-0.15, -0.1) is 0 Å². The number of halogens is 2. The van der Waals surface area contributed by atoms with E-state index in [9.17, 15) is 9.18 Å². The summed E-state index contributed by atoms with van der Waals surface area (Å²) in [6, 6.07) is 13.2. The number of hydrogen-bond acceptors (Lipinski definition) is 4. The molecule has 1 amide bonds. The molecule has 0 saturated carbocycles. The summed E-state index contributed by atoms with van der Waals surface area (Å²) in [5.74, 6) is 0.931. The number of rotatable bonds is 4. The van der Waals surface area contributed by atoms with E-state index in [1.54, 1.807) is 35.2 Å². The molecule has 1 aliphatic rings. The number of carbonyl (C=O) groups excluding carboxylic acids is 1. The Morgan fingerprint density at radius 2 is 1.83 bits per heavy atom. The van der Waals surface area contributed by atoms with Crippen molar-refractivity contribution in [3.05, 3.63) is 64.9 Å². The number of amides is 1. The van der Waals surface area contributed by atoms with Crippen molar-refractivity contribution in [3.8, 4) is 17.0 Å². The molecule has 1 aromatic heterocycles. The number of piperazine rings is 1. The largest absolute Gasteiger partial charge is 0.496 e. The summed E-state index contributed by atoms with van der Waals surface area (Å²) in [6.07, 6.45) is 0. The molecule has 4 rings (SSSR count). The minimum absolute atomic E-state index is 0.0767. The summed E-state index contributed by atoms with van der Waals surface area (Å²) in [5, 5.41) is 7.89. The van der Waals surface area contributed by atoms with E-state index in [0.717, 1.165) is 17.1 Å². The maximum atomic E-state index is 13.1. The van der Waals surface area contributed by atoms with Crippen LogP contribution in [-0.4, -0.2) is 54.3 Å². The molecule has 1 fully saturated rings. The van der Waals surface area contributed by atoms with Crippen molar-refractivity contribution in [2.75, 3.05) is 38.2 Å². The molecule has 3 aromatic rings. The van der Waals surface area contributed by atoms with E-state index in [0.29, 0.717) is 42.5 Å². The van der Waals surface area contributed by atoms with E-state index in [2.05, 4.69) is 15.1 Å². The summed E-state index contributed by atoms with van der Waals surface area (Å²) in [7, 11) is 1.52. The maximum absolute atomic E-state index is 13.1. The molecule has 0 radical (unpaired) electrons. The lowest BCUT2D eigenvalue weighted by Crippen LogP contribution is -2.49. The smallest absolute Gasteiger partial charge is 0.257 e. The molecule has 2 heterocycles. The molecular formula is C21H20ClFN4O2. The van der Waals surface area contributed by atoms with Gasteiger partial charge in [0.1, 0.15) is 11.6 Å². The van der Waals surface area contributed by atoms with Gasteiger partial charge in [0.25, 0.3) is 5.91 Å². The minimum Gasteiger partial charge on any atom is -0.496 e. The van der Waals surface area contributed by atoms with E-state index in [1.807, 2.05) is 6.07 Å². The first-order valence-electron chi connectivity index (χ1n) is 9.24. The molecular weight excluding hydrogens is 395 g/mol. The number of aromatic nitrogens is 2. The van der Waals surface area contributed by atoms with Crippen LogP contribution in [-0.2, 0) is 0 Å². The third-order valence-corrected chi connectivity index (χ3v) is 5.24. The van der Waals surface area contributed by atoms with Crippen LogP contribution in [0.15, 0.2) is 48.5 Å². The number of methoxy groups -OCH3 is 1. The Morgan fingerprint density at radius 1 is 1.10 bits per heavy atom. The Hall–Kier alpha value is -3.06. The summed E-state index contributed by atoms with van der Waals surface area (Å²) < 4.78 is 18.4. The van der Waals surface area contributed by atoms with E-state index in [4.69, 9.17) is 16.3 Å². The van der Waals surface area contributed by atoms with Crippen LogP contribution < -0.4 is 9.64 Å². The second-order valence-corrected chi connectivity index (χ2v) is 7.21. The number of carbonyl (C=O) groups is 1. The van der Waals surface area contributed by atoms with Crippen molar-refractivity contribution in [2.45, 2.75) is 0 Å². The van der Waals surface area contributed by atoms with Crippen molar-refractivity contribution in [2.24, 2.45) is 0 Å². The predicted molar refractivity (Wildman–Crippen MR) is 110 cm³/mol. The van der Waals surface area contributed by atoms with Gasteiger partial charge in [-0.25, -0.2) is 4.39 Å². The number of ether oxygens (including phenoxy) is 1. The zero-order chi connectivity index (χ0) is 20.4. The molecule has 29 heavy (non-hydrogen) atoms. The second kappa shape index (κ2) is 8.13. The van der Waals surface area contributed by atoms with Crippen LogP contribution in [0.2, 0.25) is 5.02 Å². The van der Waals surface area contributed by atoms with E-state index in [-0.39, 0.29) is 11.7 Å². The van der Waals surface area contributed by atoms with Crippen molar-refractivity contribution in [3.63, 3.8) is 0 Å². The Morgan fingerprint density at radius 3 is 2.52 bits per heavy atom. The zero-order valence-corrected chi connectivity index (χ0v) is 16.6. The molecule has 150 valence electrons. The molecule has 1 N–H and O–H groups in total. The lowest BCUT2D eigenvalue weighted by molar-refractivity contribution is 0.0743. The molecule has 0 aliphatic carbocycles. The highest BCUT2D eigenvalue weighted by molar-refractivity contribution is 6.30. The van der Waals surface area contributed by atoms with Gasteiger partial charge in [0.05, 0.1) is 18.4 Å². The molecule has 6 nitrogen and oxygen atoms in total. The van der Waals surface area contributed by atoms with Crippen LogP contribution in [0, 0.1) is 5.82 Å². The maximum Gasteiger partial charge on any atom is 0.257 e. The fourth-order valence-electron chi connectivity index (χ4n) is 3.40. The highest BCUT2D eigenvalue weighted by atomic mass is 35.5. The molecule has 0 unspecified atom stereocenters. The monoisotopic (exact) mass is 414 g/mol. The number of H-pyrrole nitrogens is 1. The van der Waals surface area contributed by atoms with Gasteiger partial charge < -0.3 is 14.5 Å². The fourth-order valence-corrected chi connectivity index (χ4v) is 3.56. The molecule has 2 aromatic carbocycles. The Labute approximate surface area is 172 Å². The molecule has 0 spiro atoms. The second-order valence-electron chi connectivity index (χ2n) is 6.77. The molecule has 1 saturated heterocycles. The van der Waals surface area contributed by atoms with Crippen molar-refractivity contribution in [1.82, 2.24) is 15.1 Å². The number of nitrogens with zero attached hydrogens (tertiary/aromatic N) is 3. The summed E-state index contributed by atoms with van der Waals surface area (Å²) in [6.45, 7) is 2.47. The van der Waals surface area contributed by atoms with Gasteiger partial charge in [0, 0.05) is 37.3 Å². The highest BCUT2D eigenvalue weighted by Gasteiger charge is 2.25. The molecule has 1 aliphatic heterocycles. The number of nitrogens with one attached hydrogen (secondary N) is 1. The van der Waals surface area contributed by atoms with Gasteiger partial charge in [-0.1, -0.05) is 11.6 Å². The van der Waals surface area contributed by atoms with Crippen molar-refractivity contribution in [1.29, 1.82) is 0 Å². The van der Waals surface area contributed by atoms with Gasteiger partial charge in [0.15, 0.2) is 5.82 Å². The topological polar surface area (TPSA) is 61.5 Å². The summed E-state index contributed by atoms with van der Waals surface area (Å²) in [4.78, 5) is 16.8. The first-order valence-corrected chi connectivity index (χ1v) is 9.62. The van der Waals surface area contributed by atoms with Crippen LogP contribution in [0.25, 0.3) is 11.3 Å². The van der Waals surface area contributed by atoms with Gasteiger partial charge in [-0.3, -0.25) is 9.89 Å². The minimum atomic E-state index is -0.272. The van der Waals surface area contributed by atoms with Gasteiger partial charge in [-0.05, 0) is 48.0 Å². The van der Waals surface area contributed by atoms with Crippen LogP contribution >= 0.6 is 11.6 Å². The standard InChI is InChI=1S/C21H20ClFN4O2/c1-29-19-12-15(22)4-7-17(19)21(28)27-10-8-26(9-11-27)20-13-18(24-25-20)14-2-5-16(23)6-3-14/h2-7,12-13H,8-11H2,1H3,(H,24,25). The SMILES string of the molecule is COc1cc(Cl)ccc1C(=O)N1CCN(c2cc(-c3ccc(F)cc3)[nH]n2)CC1. The number of hydrogen-bond donors (Lipinski definition) is 1. The molecule has 8 heteroatoms. The van der Waals surface area contributed by atoms with E-state index in [1.165, 1.54) is 19.2 Å². The van der Waals surface area contributed by atoms with E-state index < -0.39 is 0 Å². The Balaban J connectivity index is 1.42. The van der Waals surface area contributed by atoms with Crippen LogP contribution in [0.1, 0.15) is 10.4 Å². The first-order chi connectivity index (χ1) is 14.0. The molecule has 0 atom stereocenters. The van der Waals surface area contributed by atoms with Crippen molar-refractivity contribution < 1.29 is 13.9 Å². The normalized spacial score (nSPS) is 14.2. The van der Waals surface area contributed by atoms with Crippen molar-refractivity contribution >= 4 is 23.3 Å². The van der Waals surface area contributed by atoms with Gasteiger partial charge in [0.2, 0.25) is 0 Å². The molecule has 0 bridgehead atoms. The third kappa shape index (κ3) is 4.05. The predicted octanol–water partition coefficient (Wildman–Crippen LogP) is 3.84. The summed E-state index contributed by atoms with van der Waals surface area (Å²) >= 11 is 5.99. The lowest BCUT2D eigenvalue weighted by atomic mass is 10.1. The third-order valence-electron chi connectivity index (χ3n) is 5.00. The fraction of sp³-hybridized carbons (Fsp3) is 0.238. The van der Waals surface area contributed by atoms with Crippen LogP contribution in [0.5, 0.6) is 5.75 Å². The lowest BCUT2D eigenvalue weighted by Gasteiger charge is -2.35. The van der Waals surface area contributed by atoms with E-state index >= 15 is 0 Å². The number of anilines is 1. The highest BCUT2D eigenvalue weighted by Crippen LogP contribution is 2.26. The number of aromatic amines is 1. The average molecular weight is 415 g/mol. The average Bonchev–Trinajstić information content (AvgIpc) is 3.24. The van der Waals surface area contributed by atoms with Gasteiger partial charge in [-0.2, -0.15) is 5.10 Å². The Kier molecular flexibility index (Phi) is 5.40.